The molecule has 0 aliphatic rings. The van der Waals surface area contributed by atoms with Crippen molar-refractivity contribution in [2.45, 2.75) is 110 Å². The normalized spacial score (nSPS) is 10.5. The van der Waals surface area contributed by atoms with E-state index in [1.54, 1.807) is 0 Å². The van der Waals surface area contributed by atoms with Gasteiger partial charge in [-0.25, -0.2) is 0 Å². The minimum Gasteiger partial charge on any atom is -0.354 e. The van der Waals surface area contributed by atoms with Crippen LogP contribution in [0.3, 0.4) is 0 Å². The summed E-state index contributed by atoms with van der Waals surface area (Å²) in [6, 6.07) is 4.34. The van der Waals surface area contributed by atoms with Crippen LogP contribution in [0.25, 0.3) is 0 Å². The summed E-state index contributed by atoms with van der Waals surface area (Å²) in [5.74, 6) is 0. The summed E-state index contributed by atoms with van der Waals surface area (Å²) in [5, 5.41) is 1.14. The van der Waals surface area contributed by atoms with Gasteiger partial charge >= 0.3 is 0 Å². The Kier molecular flexibility index (Phi) is 18.5. The number of hydrogen-bond donors (Lipinski definition) is 0. The first kappa shape index (κ1) is 25.2. The molecular weight excluding hydrogens is 340 g/mol. The number of hydrogen-bond acceptors (Lipinski definition) is 1. The first-order valence-electron chi connectivity index (χ1n) is 11.0. The third-order valence-corrected chi connectivity index (χ3v) is 4.95. The van der Waals surface area contributed by atoms with E-state index in [2.05, 4.69) is 42.9 Å². The SMILES string of the molecule is CCCCCCCCCN=c1ccn(CCCCCCCCC)cc1.Cl. The third-order valence-electron chi connectivity index (χ3n) is 4.95. The Bertz CT molecular complexity index is 447. The van der Waals surface area contributed by atoms with E-state index in [1.807, 2.05) is 0 Å². The van der Waals surface area contributed by atoms with Gasteiger partial charge in [0.1, 0.15) is 0 Å². The van der Waals surface area contributed by atoms with Crippen molar-refractivity contribution in [2.75, 3.05) is 6.54 Å². The van der Waals surface area contributed by atoms with Crippen LogP contribution in [0.15, 0.2) is 29.5 Å². The molecule has 152 valence electrons. The van der Waals surface area contributed by atoms with Crippen molar-refractivity contribution in [3.63, 3.8) is 0 Å². The van der Waals surface area contributed by atoms with Crippen molar-refractivity contribution in [2.24, 2.45) is 4.99 Å². The van der Waals surface area contributed by atoms with Crippen LogP contribution in [0.2, 0.25) is 0 Å². The molecule has 0 amide bonds. The molecule has 26 heavy (non-hydrogen) atoms. The molecule has 0 unspecified atom stereocenters. The van der Waals surface area contributed by atoms with Crippen LogP contribution in [0.1, 0.15) is 104 Å². The molecule has 1 rings (SSSR count). The average molecular weight is 383 g/mol. The fourth-order valence-corrected chi connectivity index (χ4v) is 3.23. The number of pyridine rings is 1. The highest BCUT2D eigenvalue weighted by molar-refractivity contribution is 5.85. The van der Waals surface area contributed by atoms with Gasteiger partial charge in [-0.3, -0.25) is 4.99 Å². The van der Waals surface area contributed by atoms with Crippen LogP contribution >= 0.6 is 12.4 Å². The summed E-state index contributed by atoms with van der Waals surface area (Å²) in [6.07, 6.45) is 23.5. The van der Waals surface area contributed by atoms with Gasteiger partial charge in [0.15, 0.2) is 0 Å². The maximum Gasteiger partial charge on any atom is 0.0603 e. The van der Waals surface area contributed by atoms with Gasteiger partial charge in [0.25, 0.3) is 0 Å². The number of rotatable bonds is 16. The predicted molar refractivity (Wildman–Crippen MR) is 118 cm³/mol. The highest BCUT2D eigenvalue weighted by Gasteiger charge is 1.93. The van der Waals surface area contributed by atoms with Crippen LogP contribution < -0.4 is 5.36 Å². The fraction of sp³-hybridized carbons (Fsp3) is 0.783. The molecule has 0 radical (unpaired) electrons. The molecule has 0 N–H and O–H groups in total. The van der Waals surface area contributed by atoms with Gasteiger partial charge in [0.05, 0.1) is 5.36 Å². The molecule has 0 fully saturated rings. The summed E-state index contributed by atoms with van der Waals surface area (Å²) in [6.45, 7) is 6.68. The molecule has 1 aromatic rings. The van der Waals surface area contributed by atoms with Crippen LogP contribution in [-0.2, 0) is 6.54 Å². The predicted octanol–water partition coefficient (Wildman–Crippen LogP) is 7.31. The molecule has 1 aromatic heterocycles. The summed E-state index contributed by atoms with van der Waals surface area (Å²) in [4.78, 5) is 4.71. The quantitative estimate of drug-likeness (QED) is 0.266. The lowest BCUT2D eigenvalue weighted by Gasteiger charge is -2.06. The Hall–Kier alpha value is -0.760. The minimum atomic E-state index is 0. The largest absolute Gasteiger partial charge is 0.354 e. The molecule has 0 atom stereocenters. The second-order valence-corrected chi connectivity index (χ2v) is 7.42. The van der Waals surface area contributed by atoms with Crippen molar-refractivity contribution < 1.29 is 0 Å². The maximum atomic E-state index is 4.71. The molecule has 0 aromatic carbocycles. The molecule has 0 saturated heterocycles. The number of aryl methyl sites for hydroxylation is 1. The Balaban J connectivity index is 0.00000625. The average Bonchev–Trinajstić information content (AvgIpc) is 2.64. The Labute approximate surface area is 168 Å². The zero-order valence-corrected chi connectivity index (χ0v) is 18.2. The van der Waals surface area contributed by atoms with Gasteiger partial charge in [-0.2, -0.15) is 0 Å². The van der Waals surface area contributed by atoms with Crippen molar-refractivity contribution in [1.82, 2.24) is 4.57 Å². The second-order valence-electron chi connectivity index (χ2n) is 7.42. The van der Waals surface area contributed by atoms with Gasteiger partial charge in [-0.15, -0.1) is 12.4 Å². The van der Waals surface area contributed by atoms with Crippen LogP contribution in [-0.4, -0.2) is 11.1 Å². The van der Waals surface area contributed by atoms with Gasteiger partial charge in [-0.05, 0) is 25.0 Å². The molecule has 1 heterocycles. The molecule has 3 heteroatoms. The van der Waals surface area contributed by atoms with Gasteiger partial charge < -0.3 is 4.57 Å². The van der Waals surface area contributed by atoms with E-state index < -0.39 is 0 Å². The highest BCUT2D eigenvalue weighted by Crippen LogP contribution is 2.08. The summed E-state index contributed by atoms with van der Waals surface area (Å²) < 4.78 is 2.30. The van der Waals surface area contributed by atoms with Gasteiger partial charge in [0, 0.05) is 25.5 Å². The lowest BCUT2D eigenvalue weighted by molar-refractivity contribution is 0.548. The molecule has 0 spiro atoms. The number of halogens is 1. The van der Waals surface area contributed by atoms with E-state index in [-0.39, 0.29) is 12.4 Å². The first-order valence-corrected chi connectivity index (χ1v) is 11.0. The van der Waals surface area contributed by atoms with Crippen molar-refractivity contribution in [3.8, 4) is 0 Å². The Morgan fingerprint density at radius 3 is 1.65 bits per heavy atom. The standard InChI is InChI=1S/C23H42N2.ClH/c1-3-5-7-9-11-13-15-19-24-23-17-21-25(22-18-23)20-16-14-12-10-8-6-4-2;/h17-18,21-22H,3-16,19-20H2,1-2H3;1H. The molecule has 2 nitrogen and oxygen atoms in total. The van der Waals surface area contributed by atoms with Crippen molar-refractivity contribution >= 4 is 12.4 Å². The lowest BCUT2D eigenvalue weighted by atomic mass is 10.1. The zero-order valence-electron chi connectivity index (χ0n) is 17.4. The summed E-state index contributed by atoms with van der Waals surface area (Å²) >= 11 is 0. The third kappa shape index (κ3) is 14.4. The van der Waals surface area contributed by atoms with E-state index >= 15 is 0 Å². The zero-order chi connectivity index (χ0) is 18.0. The van der Waals surface area contributed by atoms with Crippen molar-refractivity contribution in [1.29, 1.82) is 0 Å². The van der Waals surface area contributed by atoms with Gasteiger partial charge in [0.2, 0.25) is 0 Å². The molecule has 0 bridgehead atoms. The summed E-state index contributed by atoms with van der Waals surface area (Å²) in [5.41, 5.74) is 0. The Morgan fingerprint density at radius 2 is 1.12 bits per heavy atom. The van der Waals surface area contributed by atoms with Crippen LogP contribution in [0.4, 0.5) is 0 Å². The monoisotopic (exact) mass is 382 g/mol. The summed E-state index contributed by atoms with van der Waals surface area (Å²) in [7, 11) is 0. The van der Waals surface area contributed by atoms with Crippen LogP contribution in [0.5, 0.6) is 0 Å². The number of aromatic nitrogens is 1. The maximum absolute atomic E-state index is 4.71. The second kappa shape index (κ2) is 19.0. The highest BCUT2D eigenvalue weighted by atomic mass is 35.5. The van der Waals surface area contributed by atoms with Crippen molar-refractivity contribution in [3.05, 3.63) is 29.9 Å². The van der Waals surface area contributed by atoms with Crippen LogP contribution in [0, 0.1) is 0 Å². The molecule has 0 saturated carbocycles. The molecule has 0 aliphatic heterocycles. The van der Waals surface area contributed by atoms with E-state index in [9.17, 15) is 0 Å². The molecule has 0 aliphatic carbocycles. The van der Waals surface area contributed by atoms with Gasteiger partial charge in [-0.1, -0.05) is 90.9 Å². The van der Waals surface area contributed by atoms with E-state index in [0.29, 0.717) is 0 Å². The minimum absolute atomic E-state index is 0. The van der Waals surface area contributed by atoms with E-state index in [4.69, 9.17) is 4.99 Å². The first-order chi connectivity index (χ1) is 12.4. The lowest BCUT2D eigenvalue weighted by Crippen LogP contribution is -2.06. The molecular formula is C23H43ClN2. The van der Waals surface area contributed by atoms with E-state index in [0.717, 1.165) is 18.4 Å². The number of nitrogens with zero attached hydrogens (tertiary/aromatic N) is 2. The fourth-order valence-electron chi connectivity index (χ4n) is 3.23. The Morgan fingerprint density at radius 1 is 0.654 bits per heavy atom. The number of unbranched alkanes of at least 4 members (excludes halogenated alkanes) is 12. The van der Waals surface area contributed by atoms with E-state index in [1.165, 1.54) is 89.9 Å². The topological polar surface area (TPSA) is 17.3 Å². The smallest absolute Gasteiger partial charge is 0.0603 e.